The predicted octanol–water partition coefficient (Wildman–Crippen LogP) is 2.16. The van der Waals surface area contributed by atoms with Gasteiger partial charge in [0.1, 0.15) is 11.5 Å². The largest absolute Gasteiger partial charge is 0.496 e. The average Bonchev–Trinajstić information content (AvgIpc) is 2.96. The Bertz CT molecular complexity index is 550. The van der Waals surface area contributed by atoms with Gasteiger partial charge in [0.2, 0.25) is 5.79 Å². The van der Waals surface area contributed by atoms with Crippen LogP contribution < -0.4 is 9.47 Å². The van der Waals surface area contributed by atoms with Crippen LogP contribution in [0.25, 0.3) is 0 Å². The van der Waals surface area contributed by atoms with Crippen LogP contribution in [0.4, 0.5) is 0 Å². The molecule has 1 heterocycles. The molecule has 1 fully saturated rings. The number of ether oxygens (including phenoxy) is 5. The molecule has 1 aliphatic heterocycles. The van der Waals surface area contributed by atoms with Crippen molar-refractivity contribution in [1.82, 2.24) is 0 Å². The van der Waals surface area contributed by atoms with Gasteiger partial charge in [-0.25, -0.2) is 0 Å². The van der Waals surface area contributed by atoms with Crippen molar-refractivity contribution >= 4 is 5.97 Å². The van der Waals surface area contributed by atoms with Crippen LogP contribution in [0.15, 0.2) is 12.1 Å². The Labute approximate surface area is 130 Å². The molecule has 2 rings (SSSR count). The molecule has 1 atom stereocenters. The Balaban J connectivity index is 2.58. The SMILES string of the molecule is COc1ccc(C(OC)(OC)[C@@H]2CCC(=O)O2)c(OC)c1C. The van der Waals surface area contributed by atoms with E-state index in [2.05, 4.69) is 0 Å². The maximum atomic E-state index is 11.5. The maximum Gasteiger partial charge on any atom is 0.306 e. The highest BCUT2D eigenvalue weighted by Crippen LogP contribution is 2.44. The molecule has 0 spiro atoms. The summed E-state index contributed by atoms with van der Waals surface area (Å²) in [7, 11) is 6.21. The van der Waals surface area contributed by atoms with E-state index in [4.69, 9.17) is 23.7 Å². The monoisotopic (exact) mass is 310 g/mol. The number of cyclic esters (lactones) is 1. The molecule has 1 aromatic carbocycles. The molecule has 6 heteroatoms. The molecule has 1 saturated heterocycles. The van der Waals surface area contributed by atoms with E-state index in [0.29, 0.717) is 29.9 Å². The van der Waals surface area contributed by atoms with Crippen LogP contribution in [0, 0.1) is 6.92 Å². The van der Waals surface area contributed by atoms with Crippen molar-refractivity contribution in [2.24, 2.45) is 0 Å². The van der Waals surface area contributed by atoms with Gasteiger partial charge in [0.25, 0.3) is 0 Å². The molecule has 0 radical (unpaired) electrons. The van der Waals surface area contributed by atoms with Gasteiger partial charge in [0, 0.05) is 32.6 Å². The first-order valence-corrected chi connectivity index (χ1v) is 7.05. The molecule has 22 heavy (non-hydrogen) atoms. The van der Waals surface area contributed by atoms with Crippen LogP contribution >= 0.6 is 0 Å². The molecule has 1 aromatic rings. The van der Waals surface area contributed by atoms with Crippen LogP contribution in [0.1, 0.15) is 24.0 Å². The van der Waals surface area contributed by atoms with Crippen molar-refractivity contribution < 1.29 is 28.5 Å². The van der Waals surface area contributed by atoms with Gasteiger partial charge >= 0.3 is 5.97 Å². The molecule has 0 unspecified atom stereocenters. The summed E-state index contributed by atoms with van der Waals surface area (Å²) in [6.45, 7) is 1.89. The summed E-state index contributed by atoms with van der Waals surface area (Å²) in [4.78, 5) is 11.5. The van der Waals surface area contributed by atoms with Gasteiger partial charge in [0.15, 0.2) is 6.10 Å². The molecule has 0 aliphatic carbocycles. The van der Waals surface area contributed by atoms with Gasteiger partial charge in [-0.05, 0) is 19.1 Å². The summed E-state index contributed by atoms with van der Waals surface area (Å²) in [5, 5.41) is 0. The van der Waals surface area contributed by atoms with Crippen LogP contribution in [-0.4, -0.2) is 40.5 Å². The third kappa shape index (κ3) is 2.53. The Morgan fingerprint density at radius 3 is 2.27 bits per heavy atom. The second-order valence-corrected chi connectivity index (χ2v) is 5.07. The predicted molar refractivity (Wildman–Crippen MR) is 79.1 cm³/mol. The van der Waals surface area contributed by atoms with Gasteiger partial charge in [-0.2, -0.15) is 0 Å². The van der Waals surface area contributed by atoms with E-state index in [9.17, 15) is 4.79 Å². The fraction of sp³-hybridized carbons (Fsp3) is 0.562. The fourth-order valence-corrected chi connectivity index (χ4v) is 2.96. The Hall–Kier alpha value is -1.79. The molecule has 0 aromatic heterocycles. The van der Waals surface area contributed by atoms with E-state index in [-0.39, 0.29) is 5.97 Å². The third-order valence-corrected chi connectivity index (χ3v) is 4.07. The first kappa shape index (κ1) is 16.6. The number of esters is 1. The zero-order valence-corrected chi connectivity index (χ0v) is 13.6. The van der Waals surface area contributed by atoms with E-state index in [1.54, 1.807) is 14.2 Å². The number of rotatable bonds is 6. The van der Waals surface area contributed by atoms with E-state index in [1.807, 2.05) is 19.1 Å². The molecule has 6 nitrogen and oxygen atoms in total. The quantitative estimate of drug-likeness (QED) is 0.593. The van der Waals surface area contributed by atoms with Crippen LogP contribution in [-0.2, 0) is 24.8 Å². The minimum absolute atomic E-state index is 0.257. The lowest BCUT2D eigenvalue weighted by Crippen LogP contribution is -2.43. The smallest absolute Gasteiger partial charge is 0.306 e. The van der Waals surface area contributed by atoms with E-state index >= 15 is 0 Å². The summed E-state index contributed by atoms with van der Waals surface area (Å²) in [5.74, 6) is -0.182. The van der Waals surface area contributed by atoms with Gasteiger partial charge in [-0.1, -0.05) is 0 Å². The summed E-state index contributed by atoms with van der Waals surface area (Å²) in [5.41, 5.74) is 1.49. The van der Waals surface area contributed by atoms with Crippen molar-refractivity contribution in [2.45, 2.75) is 31.7 Å². The van der Waals surface area contributed by atoms with Crippen molar-refractivity contribution in [2.75, 3.05) is 28.4 Å². The molecular weight excluding hydrogens is 288 g/mol. The molecule has 1 aliphatic rings. The highest BCUT2D eigenvalue weighted by Gasteiger charge is 2.49. The number of carbonyl (C=O) groups excluding carboxylic acids is 1. The lowest BCUT2D eigenvalue weighted by atomic mass is 9.94. The van der Waals surface area contributed by atoms with Crippen LogP contribution in [0.3, 0.4) is 0 Å². The minimum atomic E-state index is -1.21. The van der Waals surface area contributed by atoms with E-state index < -0.39 is 11.9 Å². The van der Waals surface area contributed by atoms with Crippen molar-refractivity contribution in [3.8, 4) is 11.5 Å². The molecule has 0 N–H and O–H groups in total. The number of hydrogen-bond donors (Lipinski definition) is 0. The average molecular weight is 310 g/mol. The minimum Gasteiger partial charge on any atom is -0.496 e. The zero-order valence-electron chi connectivity index (χ0n) is 13.6. The van der Waals surface area contributed by atoms with Gasteiger partial charge in [-0.15, -0.1) is 0 Å². The Morgan fingerprint density at radius 1 is 1.14 bits per heavy atom. The summed E-state index contributed by atoms with van der Waals surface area (Å²) >= 11 is 0. The lowest BCUT2D eigenvalue weighted by molar-refractivity contribution is -0.267. The van der Waals surface area contributed by atoms with Crippen molar-refractivity contribution in [1.29, 1.82) is 0 Å². The molecule has 0 amide bonds. The second-order valence-electron chi connectivity index (χ2n) is 5.07. The first-order valence-electron chi connectivity index (χ1n) is 7.05. The van der Waals surface area contributed by atoms with Crippen LogP contribution in [0.5, 0.6) is 11.5 Å². The van der Waals surface area contributed by atoms with Crippen molar-refractivity contribution in [3.05, 3.63) is 23.3 Å². The Kier molecular flexibility index (Phi) is 4.93. The van der Waals surface area contributed by atoms with E-state index in [0.717, 1.165) is 5.56 Å². The van der Waals surface area contributed by atoms with Crippen LogP contribution in [0.2, 0.25) is 0 Å². The standard InChI is InChI=1S/C16H22O6/c1-10-12(18-2)7-6-11(15(10)19-3)16(20-4,21-5)13-8-9-14(17)22-13/h6-7,13H,8-9H2,1-5H3/t13-/m0/s1. The third-order valence-electron chi connectivity index (χ3n) is 4.07. The molecule has 0 bridgehead atoms. The normalized spacial score (nSPS) is 18.2. The first-order chi connectivity index (χ1) is 10.5. The van der Waals surface area contributed by atoms with E-state index in [1.165, 1.54) is 14.2 Å². The lowest BCUT2D eigenvalue weighted by Gasteiger charge is -2.36. The number of methoxy groups -OCH3 is 4. The summed E-state index contributed by atoms with van der Waals surface area (Å²) < 4.78 is 27.5. The highest BCUT2D eigenvalue weighted by molar-refractivity contribution is 5.71. The molecular formula is C16H22O6. The van der Waals surface area contributed by atoms with Crippen molar-refractivity contribution in [3.63, 3.8) is 0 Å². The molecule has 122 valence electrons. The number of carbonyl (C=O) groups is 1. The maximum absolute atomic E-state index is 11.5. The second kappa shape index (κ2) is 6.54. The summed E-state index contributed by atoms with van der Waals surface area (Å²) in [6, 6.07) is 3.63. The fourth-order valence-electron chi connectivity index (χ4n) is 2.96. The van der Waals surface area contributed by atoms with Gasteiger partial charge < -0.3 is 23.7 Å². The highest BCUT2D eigenvalue weighted by atomic mass is 16.7. The van der Waals surface area contributed by atoms with Gasteiger partial charge in [0.05, 0.1) is 19.8 Å². The summed E-state index contributed by atoms with van der Waals surface area (Å²) in [6.07, 6.45) is 0.336. The molecule has 0 saturated carbocycles. The number of hydrogen-bond acceptors (Lipinski definition) is 6. The topological polar surface area (TPSA) is 63.2 Å². The van der Waals surface area contributed by atoms with Gasteiger partial charge in [-0.3, -0.25) is 4.79 Å². The Morgan fingerprint density at radius 2 is 1.82 bits per heavy atom. The zero-order chi connectivity index (χ0) is 16.3. The number of benzene rings is 1.